The Bertz CT molecular complexity index is 342. The molecule has 0 unspecified atom stereocenters. The highest BCUT2D eigenvalue weighted by atomic mass is 16.6. The van der Waals surface area contributed by atoms with Crippen LogP contribution in [0.5, 0.6) is 0 Å². The van der Waals surface area contributed by atoms with Crippen LogP contribution in [0.25, 0.3) is 0 Å². The minimum absolute atomic E-state index is 0.169. The topological polar surface area (TPSA) is 43.4 Å². The van der Waals surface area contributed by atoms with Gasteiger partial charge in [0, 0.05) is 0 Å². The molecule has 3 nitrogen and oxygen atoms in total. The Kier molecular flexibility index (Phi) is 1.85. The summed E-state index contributed by atoms with van der Waals surface area (Å²) in [5.74, 6) is -1.26. The van der Waals surface area contributed by atoms with E-state index in [1.54, 1.807) is 0 Å². The van der Waals surface area contributed by atoms with Crippen molar-refractivity contribution in [3.05, 3.63) is 35.9 Å². The molecule has 1 aliphatic rings. The van der Waals surface area contributed by atoms with Crippen molar-refractivity contribution >= 4 is 11.9 Å². The summed E-state index contributed by atoms with van der Waals surface area (Å²) in [4.78, 5) is 21.9. The van der Waals surface area contributed by atoms with E-state index in [1.807, 2.05) is 30.3 Å². The Morgan fingerprint density at radius 2 is 1.85 bits per heavy atom. The van der Waals surface area contributed by atoms with E-state index < -0.39 is 17.9 Å². The van der Waals surface area contributed by atoms with Crippen LogP contribution in [0.15, 0.2) is 30.3 Å². The normalized spacial score (nSPS) is 21.7. The summed E-state index contributed by atoms with van der Waals surface area (Å²) in [6.07, 6.45) is 0.169. The lowest BCUT2D eigenvalue weighted by Gasteiger charge is -2.02. The molecule has 0 radical (unpaired) electrons. The Morgan fingerprint density at radius 1 is 1.15 bits per heavy atom. The monoisotopic (exact) mass is 176 g/mol. The van der Waals surface area contributed by atoms with Gasteiger partial charge in [-0.2, -0.15) is 0 Å². The van der Waals surface area contributed by atoms with Gasteiger partial charge in [0.2, 0.25) is 0 Å². The van der Waals surface area contributed by atoms with Crippen molar-refractivity contribution in [2.45, 2.75) is 12.3 Å². The number of rotatable bonds is 1. The molecule has 0 aliphatic carbocycles. The summed E-state index contributed by atoms with van der Waals surface area (Å²) in [7, 11) is 0. The molecule has 1 fully saturated rings. The number of hydrogen-bond acceptors (Lipinski definition) is 3. The minimum atomic E-state index is -0.434. The SMILES string of the molecule is O=C1C[C@@H](c2ccccc2)C(=O)O1. The molecule has 1 atom stereocenters. The summed E-state index contributed by atoms with van der Waals surface area (Å²) in [5, 5.41) is 0. The fourth-order valence-electron chi connectivity index (χ4n) is 1.41. The smallest absolute Gasteiger partial charge is 0.321 e. The molecule has 1 saturated heterocycles. The van der Waals surface area contributed by atoms with Gasteiger partial charge < -0.3 is 4.74 Å². The second kappa shape index (κ2) is 3.01. The molecule has 1 aliphatic heterocycles. The third kappa shape index (κ3) is 1.45. The molecule has 3 heteroatoms. The lowest BCUT2D eigenvalue weighted by Crippen LogP contribution is -2.04. The number of benzene rings is 1. The van der Waals surface area contributed by atoms with Gasteiger partial charge in [0.05, 0.1) is 12.3 Å². The Hall–Kier alpha value is -1.64. The first-order valence-electron chi connectivity index (χ1n) is 4.07. The van der Waals surface area contributed by atoms with Crippen molar-refractivity contribution in [1.29, 1.82) is 0 Å². The van der Waals surface area contributed by atoms with Crippen molar-refractivity contribution in [2.24, 2.45) is 0 Å². The molecule has 0 spiro atoms. The van der Waals surface area contributed by atoms with Gasteiger partial charge in [0.15, 0.2) is 0 Å². The summed E-state index contributed by atoms with van der Waals surface area (Å²) < 4.78 is 4.45. The van der Waals surface area contributed by atoms with Gasteiger partial charge in [-0.25, -0.2) is 0 Å². The maximum atomic E-state index is 11.1. The highest BCUT2D eigenvalue weighted by Crippen LogP contribution is 2.26. The van der Waals surface area contributed by atoms with E-state index in [-0.39, 0.29) is 6.42 Å². The first-order chi connectivity index (χ1) is 6.27. The Balaban J connectivity index is 2.28. The second-order valence-electron chi connectivity index (χ2n) is 2.96. The lowest BCUT2D eigenvalue weighted by molar-refractivity contribution is -0.152. The number of hydrogen-bond donors (Lipinski definition) is 0. The standard InChI is InChI=1S/C10H8O3/c11-9-6-8(10(12)13-9)7-4-2-1-3-5-7/h1-5,8H,6H2/t8-/m0/s1. The molecule has 0 aromatic heterocycles. The second-order valence-corrected chi connectivity index (χ2v) is 2.96. The number of ether oxygens (including phenoxy) is 1. The van der Waals surface area contributed by atoms with Crippen LogP contribution in [-0.2, 0) is 14.3 Å². The van der Waals surface area contributed by atoms with Crippen LogP contribution in [0.4, 0.5) is 0 Å². The molecule has 0 saturated carbocycles. The highest BCUT2D eigenvalue weighted by Gasteiger charge is 2.34. The fourth-order valence-corrected chi connectivity index (χ4v) is 1.41. The molecular weight excluding hydrogens is 168 g/mol. The van der Waals surface area contributed by atoms with Gasteiger partial charge in [0.1, 0.15) is 0 Å². The number of cyclic esters (lactones) is 2. The number of carbonyl (C=O) groups excluding carboxylic acids is 2. The van der Waals surface area contributed by atoms with E-state index in [9.17, 15) is 9.59 Å². The molecule has 1 aromatic carbocycles. The first-order valence-corrected chi connectivity index (χ1v) is 4.07. The maximum absolute atomic E-state index is 11.1. The van der Waals surface area contributed by atoms with Gasteiger partial charge in [-0.15, -0.1) is 0 Å². The number of carbonyl (C=O) groups is 2. The molecule has 0 amide bonds. The molecule has 0 bridgehead atoms. The van der Waals surface area contributed by atoms with Crippen LogP contribution in [0.3, 0.4) is 0 Å². The average molecular weight is 176 g/mol. The molecule has 2 rings (SSSR count). The third-order valence-corrected chi connectivity index (χ3v) is 2.07. The zero-order valence-corrected chi connectivity index (χ0v) is 6.90. The molecule has 13 heavy (non-hydrogen) atoms. The van der Waals surface area contributed by atoms with E-state index in [2.05, 4.69) is 4.74 Å². The molecule has 66 valence electrons. The summed E-state index contributed by atoms with van der Waals surface area (Å²) in [6, 6.07) is 9.19. The number of esters is 2. The van der Waals surface area contributed by atoms with Crippen LogP contribution in [-0.4, -0.2) is 11.9 Å². The summed E-state index contributed by atoms with van der Waals surface area (Å²) in [6.45, 7) is 0. The fraction of sp³-hybridized carbons (Fsp3) is 0.200. The van der Waals surface area contributed by atoms with Gasteiger partial charge in [-0.05, 0) is 5.56 Å². The van der Waals surface area contributed by atoms with Crippen LogP contribution >= 0.6 is 0 Å². The van der Waals surface area contributed by atoms with Crippen LogP contribution in [0, 0.1) is 0 Å². The van der Waals surface area contributed by atoms with Crippen molar-refractivity contribution in [3.63, 3.8) is 0 Å². The van der Waals surface area contributed by atoms with E-state index in [0.29, 0.717) is 0 Å². The third-order valence-electron chi connectivity index (χ3n) is 2.07. The van der Waals surface area contributed by atoms with Gasteiger partial charge >= 0.3 is 11.9 Å². The maximum Gasteiger partial charge on any atom is 0.321 e. The van der Waals surface area contributed by atoms with Gasteiger partial charge in [-0.3, -0.25) is 9.59 Å². The van der Waals surface area contributed by atoms with Crippen LogP contribution in [0.2, 0.25) is 0 Å². The van der Waals surface area contributed by atoms with E-state index in [0.717, 1.165) is 5.56 Å². The summed E-state index contributed by atoms with van der Waals surface area (Å²) >= 11 is 0. The molecule has 0 N–H and O–H groups in total. The van der Waals surface area contributed by atoms with Gasteiger partial charge in [-0.1, -0.05) is 30.3 Å². The zero-order valence-electron chi connectivity index (χ0n) is 6.90. The van der Waals surface area contributed by atoms with Crippen LogP contribution < -0.4 is 0 Å². The average Bonchev–Trinajstić information content (AvgIpc) is 2.47. The van der Waals surface area contributed by atoms with E-state index in [1.165, 1.54) is 0 Å². The van der Waals surface area contributed by atoms with Crippen molar-refractivity contribution < 1.29 is 14.3 Å². The summed E-state index contributed by atoms with van der Waals surface area (Å²) in [5.41, 5.74) is 0.846. The zero-order chi connectivity index (χ0) is 9.26. The predicted octanol–water partition coefficient (Wildman–Crippen LogP) is 1.24. The largest absolute Gasteiger partial charge is 0.393 e. The Morgan fingerprint density at radius 3 is 2.38 bits per heavy atom. The van der Waals surface area contributed by atoms with Crippen molar-refractivity contribution in [2.75, 3.05) is 0 Å². The highest BCUT2D eigenvalue weighted by molar-refractivity contribution is 5.97. The molecular formula is C10H8O3. The van der Waals surface area contributed by atoms with Gasteiger partial charge in [0.25, 0.3) is 0 Å². The quantitative estimate of drug-likeness (QED) is 0.477. The van der Waals surface area contributed by atoms with Crippen molar-refractivity contribution in [3.8, 4) is 0 Å². The molecule has 1 heterocycles. The first kappa shape index (κ1) is 7.98. The minimum Gasteiger partial charge on any atom is -0.393 e. The van der Waals surface area contributed by atoms with E-state index in [4.69, 9.17) is 0 Å². The van der Waals surface area contributed by atoms with E-state index >= 15 is 0 Å². The molecule has 1 aromatic rings. The predicted molar refractivity (Wildman–Crippen MR) is 44.9 cm³/mol. The van der Waals surface area contributed by atoms with Crippen LogP contribution in [0.1, 0.15) is 17.9 Å². The lowest BCUT2D eigenvalue weighted by atomic mass is 9.98. The Labute approximate surface area is 75.3 Å². The van der Waals surface area contributed by atoms with Crippen molar-refractivity contribution in [1.82, 2.24) is 0 Å².